The van der Waals surface area contributed by atoms with Crippen LogP contribution in [0.4, 0.5) is 0 Å². The lowest BCUT2D eigenvalue weighted by atomic mass is 10.1. The van der Waals surface area contributed by atoms with Crippen molar-refractivity contribution in [3.8, 4) is 0 Å². The van der Waals surface area contributed by atoms with Crippen LogP contribution in [-0.4, -0.2) is 28.5 Å². The number of hydrogen-bond donors (Lipinski definition) is 2. The van der Waals surface area contributed by atoms with Gasteiger partial charge in [-0.3, -0.25) is 9.36 Å². The molecule has 0 aliphatic rings. The highest BCUT2D eigenvalue weighted by molar-refractivity contribution is 7.53. The summed E-state index contributed by atoms with van der Waals surface area (Å²) in [7, 11) is -3.36. The molecule has 0 bridgehead atoms. The molecule has 0 amide bonds. The van der Waals surface area contributed by atoms with E-state index in [0.29, 0.717) is 0 Å². The van der Waals surface area contributed by atoms with E-state index in [2.05, 4.69) is 4.74 Å². The summed E-state index contributed by atoms with van der Waals surface area (Å²) >= 11 is 0. The van der Waals surface area contributed by atoms with Crippen molar-refractivity contribution in [2.75, 3.05) is 7.11 Å². The van der Waals surface area contributed by atoms with Crippen molar-refractivity contribution in [1.82, 2.24) is 0 Å². The minimum Gasteiger partial charge on any atom is -0.362 e. The number of hydrogen-bond acceptors (Lipinski definition) is 3. The Balaban J connectivity index is 4.58. The normalized spacial score (nSPS) is 14.8. The second-order valence-corrected chi connectivity index (χ2v) is 4.38. The Bertz CT molecular complexity index is 206. The van der Waals surface area contributed by atoms with Gasteiger partial charge in [-0.05, 0) is 0 Å². The predicted octanol–water partition coefficient (Wildman–Crippen LogP) is 0.362. The highest BCUT2D eigenvalue weighted by Gasteiger charge is 2.36. The number of carbonyl (C=O) groups excluding carboxylic acids is 1. The fourth-order valence-electron chi connectivity index (χ4n) is 0.704. The Morgan fingerprint density at radius 1 is 1.42 bits per heavy atom. The van der Waals surface area contributed by atoms with E-state index < -0.39 is 25.1 Å². The van der Waals surface area contributed by atoms with Crippen molar-refractivity contribution in [2.45, 2.75) is 19.7 Å². The summed E-state index contributed by atoms with van der Waals surface area (Å²) in [6.45, 7) is 3.12. The minimum atomic E-state index is -4.46. The van der Waals surface area contributed by atoms with Gasteiger partial charge in [-0.15, -0.1) is 0 Å². The number of ketones is 1. The van der Waals surface area contributed by atoms with Gasteiger partial charge in [0.05, 0.1) is 0 Å². The molecule has 0 aromatic carbocycles. The van der Waals surface area contributed by atoms with Gasteiger partial charge in [-0.25, -0.2) is 0 Å². The first-order valence-electron chi connectivity index (χ1n) is 3.42. The van der Waals surface area contributed by atoms with E-state index in [1.165, 1.54) is 0 Å². The van der Waals surface area contributed by atoms with Crippen LogP contribution < -0.4 is 0 Å². The lowest BCUT2D eigenvalue weighted by Crippen LogP contribution is -2.27. The standard InChI is InChI=1S/C6H13O5P/c1-4(2)5(7)6(11-3)12(8,9)10/h4,6H,1-3H3,(H2,8,9,10). The predicted molar refractivity (Wildman–Crippen MR) is 42.7 cm³/mol. The number of carbonyl (C=O) groups is 1. The van der Waals surface area contributed by atoms with Gasteiger partial charge in [0.2, 0.25) is 5.85 Å². The molecule has 0 saturated heterocycles. The highest BCUT2D eigenvalue weighted by Crippen LogP contribution is 2.42. The van der Waals surface area contributed by atoms with Crippen LogP contribution in [-0.2, 0) is 14.1 Å². The maximum atomic E-state index is 11.1. The first kappa shape index (κ1) is 11.8. The monoisotopic (exact) mass is 196 g/mol. The molecule has 2 N–H and O–H groups in total. The Morgan fingerprint density at radius 2 is 1.83 bits per heavy atom. The second kappa shape index (κ2) is 4.14. The van der Waals surface area contributed by atoms with Crippen molar-refractivity contribution in [2.24, 2.45) is 5.92 Å². The summed E-state index contributed by atoms with van der Waals surface area (Å²) in [4.78, 5) is 28.4. The molecule has 0 aliphatic heterocycles. The first-order valence-corrected chi connectivity index (χ1v) is 5.10. The summed E-state index contributed by atoms with van der Waals surface area (Å²) in [5.41, 5.74) is 0. The fraction of sp³-hybridized carbons (Fsp3) is 0.833. The lowest BCUT2D eigenvalue weighted by molar-refractivity contribution is -0.128. The Labute approximate surface area is 70.9 Å². The molecule has 6 heteroatoms. The van der Waals surface area contributed by atoms with Crippen molar-refractivity contribution < 1.29 is 23.9 Å². The van der Waals surface area contributed by atoms with Crippen molar-refractivity contribution in [3.63, 3.8) is 0 Å². The van der Waals surface area contributed by atoms with Crippen LogP contribution in [0.5, 0.6) is 0 Å². The van der Waals surface area contributed by atoms with Crippen LogP contribution in [0.15, 0.2) is 0 Å². The summed E-state index contributed by atoms with van der Waals surface area (Å²) in [5.74, 6) is -2.63. The molecule has 5 nitrogen and oxygen atoms in total. The zero-order chi connectivity index (χ0) is 9.94. The van der Waals surface area contributed by atoms with Gasteiger partial charge in [0.25, 0.3) is 0 Å². The van der Waals surface area contributed by atoms with Gasteiger partial charge in [-0.1, -0.05) is 13.8 Å². The Kier molecular flexibility index (Phi) is 4.06. The maximum absolute atomic E-state index is 11.1. The van der Waals surface area contributed by atoms with Gasteiger partial charge in [-0.2, -0.15) is 0 Å². The van der Waals surface area contributed by atoms with Crippen LogP contribution in [0.2, 0.25) is 0 Å². The molecule has 72 valence electrons. The molecule has 0 saturated carbocycles. The smallest absolute Gasteiger partial charge is 0.361 e. The summed E-state index contributed by atoms with van der Waals surface area (Å²) in [6, 6.07) is 0. The van der Waals surface area contributed by atoms with Gasteiger partial charge < -0.3 is 14.5 Å². The van der Waals surface area contributed by atoms with Crippen molar-refractivity contribution in [3.05, 3.63) is 0 Å². The molecule has 12 heavy (non-hydrogen) atoms. The van der Waals surface area contributed by atoms with E-state index in [9.17, 15) is 9.36 Å². The minimum absolute atomic E-state index is 0.442. The van der Waals surface area contributed by atoms with Gasteiger partial charge in [0.15, 0.2) is 5.78 Å². The number of methoxy groups -OCH3 is 1. The molecule has 0 aromatic rings. The summed E-state index contributed by atoms with van der Waals surface area (Å²) in [6.07, 6.45) is 0. The SMILES string of the molecule is COC(C(=O)C(C)C)P(=O)(O)O. The molecule has 0 radical (unpaired) electrons. The molecular weight excluding hydrogens is 183 g/mol. The molecule has 0 aliphatic carbocycles. The number of ether oxygens (including phenoxy) is 1. The van der Waals surface area contributed by atoms with Gasteiger partial charge >= 0.3 is 7.60 Å². The van der Waals surface area contributed by atoms with E-state index >= 15 is 0 Å². The first-order chi connectivity index (χ1) is 5.30. The third-order valence-electron chi connectivity index (χ3n) is 1.34. The second-order valence-electron chi connectivity index (χ2n) is 2.73. The zero-order valence-corrected chi connectivity index (χ0v) is 8.12. The van der Waals surface area contributed by atoms with Crippen LogP contribution in [0.3, 0.4) is 0 Å². The molecule has 0 rings (SSSR count). The molecule has 1 unspecified atom stereocenters. The fourth-order valence-corrected chi connectivity index (χ4v) is 1.61. The van der Waals surface area contributed by atoms with E-state index in [1.54, 1.807) is 13.8 Å². The van der Waals surface area contributed by atoms with Crippen LogP contribution in [0.25, 0.3) is 0 Å². The molecule has 1 atom stereocenters. The van der Waals surface area contributed by atoms with E-state index in [-0.39, 0.29) is 0 Å². The average molecular weight is 196 g/mol. The number of Topliss-reactive ketones (excluding diaryl/α,β-unsaturated/α-hetero) is 1. The van der Waals surface area contributed by atoms with Crippen LogP contribution >= 0.6 is 7.60 Å². The number of rotatable bonds is 4. The molecule has 0 fully saturated rings. The Morgan fingerprint density at radius 3 is 1.92 bits per heavy atom. The van der Waals surface area contributed by atoms with Crippen molar-refractivity contribution >= 4 is 13.4 Å². The third-order valence-corrected chi connectivity index (χ3v) is 2.42. The quantitative estimate of drug-likeness (QED) is 0.634. The average Bonchev–Trinajstić information content (AvgIpc) is 1.85. The van der Waals surface area contributed by atoms with E-state index in [0.717, 1.165) is 7.11 Å². The molecule has 0 spiro atoms. The van der Waals surface area contributed by atoms with Gasteiger partial charge in [0, 0.05) is 13.0 Å². The maximum Gasteiger partial charge on any atom is 0.361 e. The topological polar surface area (TPSA) is 83.8 Å². The molecule has 0 aromatic heterocycles. The zero-order valence-electron chi connectivity index (χ0n) is 7.22. The van der Waals surface area contributed by atoms with Crippen LogP contribution in [0, 0.1) is 5.92 Å². The molecule has 0 heterocycles. The van der Waals surface area contributed by atoms with Crippen LogP contribution in [0.1, 0.15) is 13.8 Å². The van der Waals surface area contributed by atoms with E-state index in [4.69, 9.17) is 9.79 Å². The largest absolute Gasteiger partial charge is 0.362 e. The summed E-state index contributed by atoms with van der Waals surface area (Å²) in [5, 5.41) is 0. The molecular formula is C6H13O5P. The highest BCUT2D eigenvalue weighted by atomic mass is 31.2. The van der Waals surface area contributed by atoms with Gasteiger partial charge in [0.1, 0.15) is 0 Å². The third kappa shape index (κ3) is 3.03. The van der Waals surface area contributed by atoms with E-state index in [1.807, 2.05) is 0 Å². The Hall–Kier alpha value is -0.220. The summed E-state index contributed by atoms with van der Waals surface area (Å²) < 4.78 is 15.1. The van der Waals surface area contributed by atoms with Crippen molar-refractivity contribution in [1.29, 1.82) is 0 Å². The lowest BCUT2D eigenvalue weighted by Gasteiger charge is -2.16.